The van der Waals surface area contributed by atoms with Gasteiger partial charge in [-0.15, -0.1) is 0 Å². The van der Waals surface area contributed by atoms with Gasteiger partial charge in [0, 0.05) is 13.1 Å². The average Bonchev–Trinajstić information content (AvgIpc) is 4.15. The fourth-order valence-electron chi connectivity index (χ4n) is 10.8. The Hall–Kier alpha value is -5.90. The predicted molar refractivity (Wildman–Crippen MR) is 270 cm³/mol. The summed E-state index contributed by atoms with van der Waals surface area (Å²) in [6.45, 7) is 15.3. The van der Waals surface area contributed by atoms with Gasteiger partial charge in [-0.2, -0.15) is 0 Å². The second-order valence-electron chi connectivity index (χ2n) is 19.6. The molecule has 3 aromatic rings. The summed E-state index contributed by atoms with van der Waals surface area (Å²) in [6, 6.07) is 26.1. The number of ether oxygens (including phenoxy) is 2. The number of likely N-dealkylation sites (tertiary alicyclic amines) is 2. The van der Waals surface area contributed by atoms with E-state index in [1.54, 1.807) is 9.80 Å². The molecule has 68 heavy (non-hydrogen) atoms. The zero-order valence-corrected chi connectivity index (χ0v) is 42.7. The van der Waals surface area contributed by atoms with E-state index in [1.165, 1.54) is 37.5 Å². The summed E-state index contributed by atoms with van der Waals surface area (Å²) in [5, 5.41) is 12.9. The number of benzene rings is 3. The molecule has 4 N–H and O–H groups in total. The minimum absolute atomic E-state index is 0.0374. The Morgan fingerprint density at radius 3 is 1.29 bits per heavy atom. The molecule has 3 heterocycles. The zero-order chi connectivity index (χ0) is 49.3. The van der Waals surface area contributed by atoms with Crippen LogP contribution in [-0.4, -0.2) is 105 Å². The van der Waals surface area contributed by atoms with E-state index in [4.69, 9.17) is 9.47 Å². The third-order valence-corrected chi connectivity index (χ3v) is 21.7. The van der Waals surface area contributed by atoms with Gasteiger partial charge in [0.05, 0.1) is 14.2 Å². The minimum atomic E-state index is -1.96. The van der Waals surface area contributed by atoms with Crippen LogP contribution in [0.15, 0.2) is 72.8 Å². The van der Waals surface area contributed by atoms with E-state index in [0.29, 0.717) is 50.1 Å². The quantitative estimate of drug-likeness (QED) is 0.0982. The second-order valence-corrected chi connectivity index (χ2v) is 25.7. The van der Waals surface area contributed by atoms with Gasteiger partial charge < -0.3 is 29.9 Å². The molecular weight excluding hydrogens is 879 g/mol. The third-order valence-electron chi connectivity index (χ3n) is 15.2. The summed E-state index contributed by atoms with van der Waals surface area (Å²) in [4.78, 5) is 84.5. The fourth-order valence-corrected chi connectivity index (χ4v) is 15.0. The van der Waals surface area contributed by atoms with Crippen molar-refractivity contribution < 1.29 is 38.2 Å². The average molecular weight is 953 g/mol. The molecule has 15 nitrogen and oxygen atoms in total. The van der Waals surface area contributed by atoms with E-state index in [9.17, 15) is 28.8 Å². The van der Waals surface area contributed by atoms with Crippen molar-refractivity contribution in [2.24, 2.45) is 11.8 Å². The molecule has 0 spiro atoms. The van der Waals surface area contributed by atoms with E-state index in [2.05, 4.69) is 95.5 Å². The van der Waals surface area contributed by atoms with Crippen LogP contribution in [0.1, 0.15) is 110 Å². The summed E-state index contributed by atoms with van der Waals surface area (Å²) >= 11 is 0. The van der Waals surface area contributed by atoms with Gasteiger partial charge in [0.15, 0.2) is 0 Å². The molecule has 6 rings (SSSR count). The zero-order valence-electron chi connectivity index (χ0n) is 41.5. The van der Waals surface area contributed by atoms with Gasteiger partial charge in [0.1, 0.15) is 24.2 Å². The summed E-state index contributed by atoms with van der Waals surface area (Å²) in [7, 11) is 0.556. The third kappa shape index (κ3) is 11.3. The molecule has 6 amide bonds. The molecule has 0 bridgehead atoms. The van der Waals surface area contributed by atoms with Gasteiger partial charge >= 0.3 is 218 Å². The molecule has 6 atom stereocenters. The molecule has 0 aromatic heterocycles. The first-order valence-corrected chi connectivity index (χ1v) is 27.8. The Kier molecular flexibility index (Phi) is 17.4. The Morgan fingerprint density at radius 1 is 0.574 bits per heavy atom. The second kappa shape index (κ2) is 22.9. The molecule has 3 aliphatic rings. The number of alkyl carbamates (subject to hydrolysis) is 2. The molecule has 3 aliphatic heterocycles. The normalized spacial score (nSPS) is 20.5. The topological polar surface area (TPSA) is 179 Å². The Balaban J connectivity index is 1.20. The molecule has 0 saturated carbocycles. The number of amides is 6. The predicted octanol–water partition coefficient (Wildman–Crippen LogP) is 7.84. The first kappa shape index (κ1) is 51.5. The number of carbonyl (C=O) groups is 6. The Labute approximate surface area is 403 Å². The van der Waals surface area contributed by atoms with Crippen molar-refractivity contribution in [1.29, 1.82) is 0 Å². The van der Waals surface area contributed by atoms with E-state index in [-0.39, 0.29) is 47.5 Å². The van der Waals surface area contributed by atoms with Crippen LogP contribution in [0.4, 0.5) is 26.7 Å². The van der Waals surface area contributed by atoms with Gasteiger partial charge in [-0.3, -0.25) is 19.2 Å². The molecule has 3 fully saturated rings. The maximum absolute atomic E-state index is 13.7. The van der Waals surface area contributed by atoms with E-state index in [1.807, 2.05) is 52.0 Å². The molecule has 0 aliphatic carbocycles. The standard InChI is InChI=1S/C52H74N7O8Si/c1-10-68(11-2,12-3)40-27-25-39(26-28-40)59-41(35-17-21-37(22-18-35)53-47(60)43-15-13-31-57(43)49(62)45(33(4)5)55-51(64)66-8)29-30-42(59)36-19-23-38(24-20-36)54-48(61)44-16-14-32-58(44)50(63)46(34(6)7)56-52(65)67-9/h17-28,33-34,41-46,68H,10-16,29-32H2,1-9H3,(H,53,60)(H,54,61)(H,55,64)(H,56,65)/q-1/t41-,42-,43+,44+,45+,46+/m1/s1. The SMILES string of the molecule is CC[SiH-](CC)(CC)c1ccc(N2[C@@H](c3ccc(NC(=O)[C@@H]4CCCN4C(=O)[C@@H](NC(=O)OC)C(C)C)cc3)CC[C@@H]2c2ccc(NC(=O)[C@@H]3CCCN3C(=O)[C@@H](NC(=O)OC)C(C)C)cc2)cc1. The number of hydrogen-bond acceptors (Lipinski definition) is 9. The van der Waals surface area contributed by atoms with Crippen LogP contribution in [-0.2, 0) is 28.7 Å². The molecule has 3 aromatic carbocycles. The summed E-state index contributed by atoms with van der Waals surface area (Å²) in [6.07, 6.45) is 2.81. The number of hydrogen-bond donors (Lipinski definition) is 4. The van der Waals surface area contributed by atoms with Crippen molar-refractivity contribution in [3.63, 3.8) is 0 Å². The van der Waals surface area contributed by atoms with Crippen molar-refractivity contribution in [3.05, 3.63) is 83.9 Å². The summed E-state index contributed by atoms with van der Waals surface area (Å²) in [5.41, 5.74) is 4.63. The van der Waals surface area contributed by atoms with Gasteiger partial charge in [-0.1, -0.05) is 27.7 Å². The van der Waals surface area contributed by atoms with Crippen molar-refractivity contribution in [2.45, 2.75) is 141 Å². The molecule has 370 valence electrons. The Bertz CT molecular complexity index is 2100. The summed E-state index contributed by atoms with van der Waals surface area (Å²) < 4.78 is 9.51. The van der Waals surface area contributed by atoms with Gasteiger partial charge in [-0.25, -0.2) is 9.59 Å². The van der Waals surface area contributed by atoms with E-state index in [0.717, 1.165) is 29.7 Å². The number of nitrogens with zero attached hydrogens (tertiary/aromatic N) is 3. The first-order valence-electron chi connectivity index (χ1n) is 24.8. The Morgan fingerprint density at radius 2 is 0.956 bits per heavy atom. The van der Waals surface area contributed by atoms with Crippen LogP contribution < -0.4 is 31.4 Å². The van der Waals surface area contributed by atoms with Crippen LogP contribution >= 0.6 is 0 Å². The van der Waals surface area contributed by atoms with Crippen LogP contribution in [0.25, 0.3) is 0 Å². The molecule has 3 saturated heterocycles. The van der Waals surface area contributed by atoms with Gasteiger partial charge in [0.2, 0.25) is 11.8 Å². The first-order chi connectivity index (χ1) is 32.6. The fraction of sp³-hybridized carbons (Fsp3) is 0.538. The van der Waals surface area contributed by atoms with Crippen molar-refractivity contribution >= 4 is 66.1 Å². The maximum atomic E-state index is 13.7. The van der Waals surface area contributed by atoms with Gasteiger partial charge in [-0.05, 0) is 37.5 Å². The number of rotatable bonds is 17. The number of anilines is 3. The summed E-state index contributed by atoms with van der Waals surface area (Å²) in [5.74, 6) is -1.53. The number of methoxy groups -OCH3 is 2. The van der Waals surface area contributed by atoms with Gasteiger partial charge in [0.25, 0.3) is 0 Å². The molecule has 0 radical (unpaired) electrons. The van der Waals surface area contributed by atoms with Crippen molar-refractivity contribution in [3.8, 4) is 0 Å². The number of carbonyl (C=O) groups excluding carboxylic acids is 6. The molecular formula is C52H74N7O8Si-. The van der Waals surface area contributed by atoms with Crippen LogP contribution in [0.2, 0.25) is 18.1 Å². The van der Waals surface area contributed by atoms with Crippen LogP contribution in [0.5, 0.6) is 0 Å². The van der Waals surface area contributed by atoms with Crippen LogP contribution in [0.3, 0.4) is 0 Å². The van der Waals surface area contributed by atoms with Crippen molar-refractivity contribution in [1.82, 2.24) is 20.4 Å². The monoisotopic (exact) mass is 953 g/mol. The van der Waals surface area contributed by atoms with Crippen molar-refractivity contribution in [2.75, 3.05) is 42.8 Å². The van der Waals surface area contributed by atoms with E-state index < -0.39 is 44.4 Å². The molecule has 0 unspecified atom stereocenters. The number of nitrogens with one attached hydrogen (secondary N) is 4. The van der Waals surface area contributed by atoms with Crippen LogP contribution in [0, 0.1) is 11.8 Å². The van der Waals surface area contributed by atoms with E-state index >= 15 is 0 Å². The molecule has 16 heteroatoms.